The Labute approximate surface area is 112 Å². The quantitative estimate of drug-likeness (QED) is 0.534. The molecule has 0 bridgehead atoms. The zero-order valence-electron chi connectivity index (χ0n) is 9.09. The number of fused-ring (bicyclic) bond motifs is 1. The molecule has 3 rings (SSSR count). The molecule has 3 heterocycles. The molecular formula is C11H7Cl2N5. The predicted molar refractivity (Wildman–Crippen MR) is 68.7 cm³/mol. The zero-order valence-corrected chi connectivity index (χ0v) is 10.6. The Morgan fingerprint density at radius 3 is 2.78 bits per heavy atom. The Morgan fingerprint density at radius 1 is 1.11 bits per heavy atom. The van der Waals surface area contributed by atoms with Crippen LogP contribution < -0.4 is 0 Å². The lowest BCUT2D eigenvalue weighted by atomic mass is 10.3. The monoisotopic (exact) mass is 279 g/mol. The van der Waals surface area contributed by atoms with Gasteiger partial charge in [-0.2, -0.15) is 4.98 Å². The Morgan fingerprint density at radius 2 is 2.00 bits per heavy atom. The van der Waals surface area contributed by atoms with Crippen LogP contribution >= 0.6 is 23.2 Å². The van der Waals surface area contributed by atoms with Crippen molar-refractivity contribution in [1.29, 1.82) is 0 Å². The van der Waals surface area contributed by atoms with Crippen molar-refractivity contribution in [2.24, 2.45) is 0 Å². The van der Waals surface area contributed by atoms with Gasteiger partial charge in [0.1, 0.15) is 5.52 Å². The highest BCUT2D eigenvalue weighted by atomic mass is 35.5. The number of halogens is 2. The van der Waals surface area contributed by atoms with Crippen molar-refractivity contribution >= 4 is 34.4 Å². The first-order valence-corrected chi connectivity index (χ1v) is 5.93. The topological polar surface area (TPSA) is 56.5 Å². The number of pyridine rings is 1. The van der Waals surface area contributed by atoms with Crippen LogP contribution in [0.25, 0.3) is 11.2 Å². The lowest BCUT2D eigenvalue weighted by Gasteiger charge is -2.03. The van der Waals surface area contributed by atoms with E-state index in [4.69, 9.17) is 23.2 Å². The highest BCUT2D eigenvalue weighted by molar-refractivity contribution is 6.35. The van der Waals surface area contributed by atoms with E-state index < -0.39 is 0 Å². The molecule has 0 aromatic carbocycles. The smallest absolute Gasteiger partial charge is 0.225 e. The molecule has 0 unspecified atom stereocenters. The van der Waals surface area contributed by atoms with Crippen molar-refractivity contribution in [3.8, 4) is 0 Å². The average molecular weight is 280 g/mol. The predicted octanol–water partition coefficient (Wildman–Crippen LogP) is 2.58. The first-order chi connectivity index (χ1) is 8.74. The van der Waals surface area contributed by atoms with Gasteiger partial charge in [-0.1, -0.05) is 17.7 Å². The van der Waals surface area contributed by atoms with E-state index in [1.165, 1.54) is 0 Å². The third-order valence-corrected chi connectivity index (χ3v) is 2.89. The summed E-state index contributed by atoms with van der Waals surface area (Å²) in [5, 5.41) is 0.361. The number of imidazole rings is 1. The van der Waals surface area contributed by atoms with Gasteiger partial charge in [0.2, 0.25) is 5.28 Å². The van der Waals surface area contributed by atoms with Crippen LogP contribution in [0.1, 0.15) is 5.69 Å². The van der Waals surface area contributed by atoms with Crippen molar-refractivity contribution in [1.82, 2.24) is 24.5 Å². The van der Waals surface area contributed by atoms with Crippen LogP contribution in [-0.4, -0.2) is 24.5 Å². The standard InChI is InChI=1S/C11H7Cl2N5/c12-9-8-10(17-11(13)16-9)18(6-15-8)5-7-3-1-2-4-14-7/h1-4,6H,5H2. The summed E-state index contributed by atoms with van der Waals surface area (Å²) in [5.74, 6) is 0. The molecule has 0 aliphatic heterocycles. The van der Waals surface area contributed by atoms with Crippen LogP contribution in [0.3, 0.4) is 0 Å². The minimum Gasteiger partial charge on any atom is -0.309 e. The summed E-state index contributed by atoms with van der Waals surface area (Å²) >= 11 is 11.7. The molecule has 0 aliphatic rings. The van der Waals surface area contributed by atoms with E-state index in [2.05, 4.69) is 19.9 Å². The third-order valence-electron chi connectivity index (χ3n) is 2.45. The lowest BCUT2D eigenvalue weighted by Crippen LogP contribution is -2.01. The van der Waals surface area contributed by atoms with Crippen molar-refractivity contribution in [2.75, 3.05) is 0 Å². The van der Waals surface area contributed by atoms with E-state index in [1.54, 1.807) is 12.5 Å². The van der Waals surface area contributed by atoms with Crippen LogP contribution in [0.2, 0.25) is 10.4 Å². The average Bonchev–Trinajstić information content (AvgIpc) is 2.74. The van der Waals surface area contributed by atoms with Gasteiger partial charge in [-0.3, -0.25) is 4.98 Å². The molecule has 0 aliphatic carbocycles. The van der Waals surface area contributed by atoms with Gasteiger partial charge in [0, 0.05) is 6.20 Å². The highest BCUT2D eigenvalue weighted by Crippen LogP contribution is 2.20. The number of rotatable bonds is 2. The minimum absolute atomic E-state index is 0.107. The van der Waals surface area contributed by atoms with Crippen LogP contribution in [0.4, 0.5) is 0 Å². The Hall–Kier alpha value is -1.72. The summed E-state index contributed by atoms with van der Waals surface area (Å²) in [7, 11) is 0. The highest BCUT2D eigenvalue weighted by Gasteiger charge is 2.11. The fraction of sp³-hybridized carbons (Fsp3) is 0.0909. The van der Waals surface area contributed by atoms with Crippen molar-refractivity contribution in [2.45, 2.75) is 6.54 Å². The molecule has 0 fully saturated rings. The van der Waals surface area contributed by atoms with Gasteiger partial charge in [0.25, 0.3) is 0 Å². The normalized spacial score (nSPS) is 11.0. The summed E-state index contributed by atoms with van der Waals surface area (Å²) in [6, 6.07) is 5.72. The second-order valence-electron chi connectivity index (χ2n) is 3.65. The first-order valence-electron chi connectivity index (χ1n) is 5.18. The van der Waals surface area contributed by atoms with Gasteiger partial charge < -0.3 is 4.57 Å². The second-order valence-corrected chi connectivity index (χ2v) is 4.35. The maximum atomic E-state index is 5.95. The number of aromatic nitrogens is 5. The maximum absolute atomic E-state index is 5.95. The number of hydrogen-bond donors (Lipinski definition) is 0. The van der Waals surface area contributed by atoms with Crippen LogP contribution in [0, 0.1) is 0 Å². The number of hydrogen-bond acceptors (Lipinski definition) is 4. The molecule has 0 saturated carbocycles. The van der Waals surface area contributed by atoms with Crippen molar-refractivity contribution in [3.63, 3.8) is 0 Å². The molecule has 3 aromatic heterocycles. The fourth-order valence-electron chi connectivity index (χ4n) is 1.67. The Balaban J connectivity index is 2.08. The molecule has 0 spiro atoms. The van der Waals surface area contributed by atoms with E-state index in [0.717, 1.165) is 5.69 Å². The van der Waals surface area contributed by atoms with Crippen molar-refractivity contribution < 1.29 is 0 Å². The van der Waals surface area contributed by atoms with E-state index in [1.807, 2.05) is 22.8 Å². The third kappa shape index (κ3) is 2.02. The van der Waals surface area contributed by atoms with Crippen LogP contribution in [-0.2, 0) is 6.54 Å². The zero-order chi connectivity index (χ0) is 12.5. The fourth-order valence-corrected chi connectivity index (χ4v) is 2.09. The summed E-state index contributed by atoms with van der Waals surface area (Å²) in [4.78, 5) is 16.4. The molecule has 90 valence electrons. The molecule has 0 N–H and O–H groups in total. The lowest BCUT2D eigenvalue weighted by molar-refractivity contribution is 0.788. The summed E-state index contributed by atoms with van der Waals surface area (Å²) in [5.41, 5.74) is 2.05. The van der Waals surface area contributed by atoms with Gasteiger partial charge in [-0.05, 0) is 23.7 Å². The maximum Gasteiger partial charge on any atom is 0.225 e. The molecule has 0 radical (unpaired) electrons. The van der Waals surface area contributed by atoms with E-state index in [9.17, 15) is 0 Å². The molecule has 7 heteroatoms. The molecule has 0 saturated heterocycles. The second kappa shape index (κ2) is 4.51. The molecule has 0 amide bonds. The minimum atomic E-state index is 0.107. The first kappa shape index (κ1) is 11.4. The Bertz CT molecular complexity index is 695. The number of nitrogens with zero attached hydrogens (tertiary/aromatic N) is 5. The molecule has 5 nitrogen and oxygen atoms in total. The largest absolute Gasteiger partial charge is 0.309 e. The van der Waals surface area contributed by atoms with E-state index >= 15 is 0 Å². The summed E-state index contributed by atoms with van der Waals surface area (Å²) in [6.45, 7) is 0.557. The summed E-state index contributed by atoms with van der Waals surface area (Å²) in [6.07, 6.45) is 3.39. The van der Waals surface area contributed by atoms with Crippen LogP contribution in [0.5, 0.6) is 0 Å². The summed E-state index contributed by atoms with van der Waals surface area (Å²) < 4.78 is 1.83. The van der Waals surface area contributed by atoms with Gasteiger partial charge in [-0.15, -0.1) is 0 Å². The molecular weight excluding hydrogens is 273 g/mol. The van der Waals surface area contributed by atoms with Gasteiger partial charge in [0.05, 0.1) is 18.6 Å². The van der Waals surface area contributed by atoms with Gasteiger partial charge in [0.15, 0.2) is 10.8 Å². The SMILES string of the molecule is Clc1nc(Cl)c2ncn(Cc3ccccn3)c2n1. The Kier molecular flexibility index (Phi) is 2.85. The van der Waals surface area contributed by atoms with E-state index in [-0.39, 0.29) is 10.4 Å². The van der Waals surface area contributed by atoms with E-state index in [0.29, 0.717) is 17.7 Å². The van der Waals surface area contributed by atoms with Crippen molar-refractivity contribution in [3.05, 3.63) is 46.9 Å². The molecule has 18 heavy (non-hydrogen) atoms. The van der Waals surface area contributed by atoms with Crippen LogP contribution in [0.15, 0.2) is 30.7 Å². The van der Waals surface area contributed by atoms with Gasteiger partial charge >= 0.3 is 0 Å². The molecule has 3 aromatic rings. The van der Waals surface area contributed by atoms with Gasteiger partial charge in [-0.25, -0.2) is 9.97 Å². The molecule has 0 atom stereocenters.